The standard InChI is InChI=1S/C11H11F2N3O2/c1-16-8(14)4-6(15-16)5-3-7(18-2)10(13)11(17)9(5)12/h3-4,17H,14H2,1-2H3. The fourth-order valence-corrected chi connectivity index (χ4v) is 1.55. The Bertz CT molecular complexity index is 591. The molecule has 7 heteroatoms. The van der Waals surface area contributed by atoms with E-state index in [4.69, 9.17) is 10.5 Å². The zero-order chi connectivity index (χ0) is 13.4. The SMILES string of the molecule is COc1cc(-c2cc(N)n(C)n2)c(F)c(O)c1F. The van der Waals surface area contributed by atoms with Gasteiger partial charge in [0, 0.05) is 18.7 Å². The summed E-state index contributed by atoms with van der Waals surface area (Å²) >= 11 is 0. The molecular weight excluding hydrogens is 244 g/mol. The Morgan fingerprint density at radius 3 is 2.50 bits per heavy atom. The third-order valence-electron chi connectivity index (χ3n) is 2.56. The second kappa shape index (κ2) is 4.17. The molecule has 0 unspecified atom stereocenters. The van der Waals surface area contributed by atoms with Crippen LogP contribution in [-0.4, -0.2) is 22.0 Å². The van der Waals surface area contributed by atoms with Crippen LogP contribution in [0.3, 0.4) is 0 Å². The van der Waals surface area contributed by atoms with Gasteiger partial charge in [-0.3, -0.25) is 4.68 Å². The van der Waals surface area contributed by atoms with Crippen molar-refractivity contribution in [1.82, 2.24) is 9.78 Å². The molecule has 3 N–H and O–H groups in total. The van der Waals surface area contributed by atoms with E-state index in [2.05, 4.69) is 5.10 Å². The molecular formula is C11H11F2N3O2. The third kappa shape index (κ3) is 1.73. The van der Waals surface area contributed by atoms with Crippen LogP contribution in [0.5, 0.6) is 11.5 Å². The quantitative estimate of drug-likeness (QED) is 0.856. The van der Waals surface area contributed by atoms with Crippen LogP contribution >= 0.6 is 0 Å². The molecule has 1 heterocycles. The van der Waals surface area contributed by atoms with E-state index in [1.54, 1.807) is 7.05 Å². The van der Waals surface area contributed by atoms with Crippen LogP contribution in [0.15, 0.2) is 12.1 Å². The van der Waals surface area contributed by atoms with Crippen molar-refractivity contribution in [3.05, 3.63) is 23.8 Å². The van der Waals surface area contributed by atoms with Crippen LogP contribution < -0.4 is 10.5 Å². The highest BCUT2D eigenvalue weighted by molar-refractivity contribution is 5.67. The Balaban J connectivity index is 2.67. The number of methoxy groups -OCH3 is 1. The number of nitrogen functional groups attached to an aromatic ring is 1. The van der Waals surface area contributed by atoms with Gasteiger partial charge in [-0.05, 0) is 6.07 Å². The van der Waals surface area contributed by atoms with Gasteiger partial charge in [-0.15, -0.1) is 0 Å². The maximum Gasteiger partial charge on any atom is 0.209 e. The minimum absolute atomic E-state index is 0.0851. The normalized spacial score (nSPS) is 10.7. The number of phenolic OH excluding ortho intramolecular Hbond substituents is 1. The molecule has 18 heavy (non-hydrogen) atoms. The molecule has 5 nitrogen and oxygen atoms in total. The summed E-state index contributed by atoms with van der Waals surface area (Å²) in [6.07, 6.45) is 0. The van der Waals surface area contributed by atoms with Crippen molar-refractivity contribution in [2.45, 2.75) is 0 Å². The highest BCUT2D eigenvalue weighted by atomic mass is 19.1. The lowest BCUT2D eigenvalue weighted by Crippen LogP contribution is -1.97. The van der Waals surface area contributed by atoms with Crippen molar-refractivity contribution >= 4 is 5.82 Å². The summed E-state index contributed by atoms with van der Waals surface area (Å²) in [6.45, 7) is 0. The number of aromatic hydroxyl groups is 1. The summed E-state index contributed by atoms with van der Waals surface area (Å²) in [5.41, 5.74) is 5.67. The van der Waals surface area contributed by atoms with Gasteiger partial charge in [-0.25, -0.2) is 4.39 Å². The van der Waals surface area contributed by atoms with E-state index in [0.29, 0.717) is 5.82 Å². The number of rotatable bonds is 2. The molecule has 0 radical (unpaired) electrons. The zero-order valence-corrected chi connectivity index (χ0v) is 9.74. The van der Waals surface area contributed by atoms with Gasteiger partial charge in [0.2, 0.25) is 5.82 Å². The fraction of sp³-hybridized carbons (Fsp3) is 0.182. The van der Waals surface area contributed by atoms with Crippen LogP contribution in [0.2, 0.25) is 0 Å². The molecule has 0 fully saturated rings. The molecule has 1 aromatic carbocycles. The first-order chi connectivity index (χ1) is 8.45. The molecule has 0 bridgehead atoms. The molecule has 0 atom stereocenters. The Labute approximate surface area is 101 Å². The van der Waals surface area contributed by atoms with Crippen LogP contribution in [-0.2, 0) is 7.05 Å². The number of aryl methyl sites for hydroxylation is 1. The molecule has 0 spiro atoms. The van der Waals surface area contributed by atoms with Crippen molar-refractivity contribution in [2.24, 2.45) is 7.05 Å². The third-order valence-corrected chi connectivity index (χ3v) is 2.56. The van der Waals surface area contributed by atoms with Crippen molar-refractivity contribution in [1.29, 1.82) is 0 Å². The first-order valence-electron chi connectivity index (χ1n) is 5.00. The van der Waals surface area contributed by atoms with E-state index >= 15 is 0 Å². The van der Waals surface area contributed by atoms with Gasteiger partial charge >= 0.3 is 0 Å². The first-order valence-corrected chi connectivity index (χ1v) is 5.00. The Hall–Kier alpha value is -2.31. The van der Waals surface area contributed by atoms with Gasteiger partial charge < -0.3 is 15.6 Å². The lowest BCUT2D eigenvalue weighted by molar-refractivity contribution is 0.351. The van der Waals surface area contributed by atoms with Crippen LogP contribution in [0.25, 0.3) is 11.3 Å². The van der Waals surface area contributed by atoms with E-state index in [0.717, 1.165) is 6.07 Å². The number of nitrogens with zero attached hydrogens (tertiary/aromatic N) is 2. The van der Waals surface area contributed by atoms with E-state index in [1.807, 2.05) is 0 Å². The van der Waals surface area contributed by atoms with Gasteiger partial charge in [-0.2, -0.15) is 9.49 Å². The van der Waals surface area contributed by atoms with E-state index in [9.17, 15) is 13.9 Å². The van der Waals surface area contributed by atoms with Crippen molar-refractivity contribution in [2.75, 3.05) is 12.8 Å². The van der Waals surface area contributed by atoms with Crippen LogP contribution in [0.1, 0.15) is 0 Å². The van der Waals surface area contributed by atoms with Crippen molar-refractivity contribution in [3.8, 4) is 22.8 Å². The number of anilines is 1. The first kappa shape index (κ1) is 12.2. The maximum atomic E-state index is 13.8. The summed E-state index contributed by atoms with van der Waals surface area (Å²) in [4.78, 5) is 0. The number of hydrogen-bond donors (Lipinski definition) is 2. The highest BCUT2D eigenvalue weighted by Crippen LogP contribution is 2.36. The predicted molar refractivity (Wildman–Crippen MR) is 61.2 cm³/mol. The number of hydrogen-bond acceptors (Lipinski definition) is 4. The zero-order valence-electron chi connectivity index (χ0n) is 9.74. The lowest BCUT2D eigenvalue weighted by Gasteiger charge is -2.07. The summed E-state index contributed by atoms with van der Waals surface area (Å²) in [6, 6.07) is 2.53. The van der Waals surface area contributed by atoms with Crippen molar-refractivity contribution in [3.63, 3.8) is 0 Å². The number of phenols is 1. The molecule has 0 saturated heterocycles. The van der Waals surface area contributed by atoms with Gasteiger partial charge in [0.25, 0.3) is 0 Å². The second-order valence-electron chi connectivity index (χ2n) is 3.68. The molecule has 0 aliphatic rings. The van der Waals surface area contributed by atoms with E-state index < -0.39 is 17.4 Å². The number of halogens is 2. The number of ether oxygens (including phenoxy) is 1. The molecule has 2 rings (SSSR count). The predicted octanol–water partition coefficient (Wildman–Crippen LogP) is 1.66. The topological polar surface area (TPSA) is 73.3 Å². The summed E-state index contributed by atoms with van der Waals surface area (Å²) in [7, 11) is 2.80. The molecule has 0 amide bonds. The molecule has 0 aliphatic carbocycles. The average Bonchev–Trinajstić information content (AvgIpc) is 2.67. The minimum Gasteiger partial charge on any atom is -0.503 e. The average molecular weight is 255 g/mol. The van der Waals surface area contributed by atoms with Gasteiger partial charge in [0.05, 0.1) is 12.8 Å². The van der Waals surface area contributed by atoms with Gasteiger partial charge in [0.15, 0.2) is 17.3 Å². The molecule has 0 saturated carbocycles. The second-order valence-corrected chi connectivity index (χ2v) is 3.68. The Morgan fingerprint density at radius 1 is 1.33 bits per heavy atom. The number of benzene rings is 1. The molecule has 0 aliphatic heterocycles. The van der Waals surface area contributed by atoms with Crippen LogP contribution in [0.4, 0.5) is 14.6 Å². The number of aromatic nitrogens is 2. The largest absolute Gasteiger partial charge is 0.503 e. The fourth-order valence-electron chi connectivity index (χ4n) is 1.55. The molecule has 2 aromatic rings. The highest BCUT2D eigenvalue weighted by Gasteiger charge is 2.21. The van der Waals surface area contributed by atoms with Crippen LogP contribution in [0, 0.1) is 11.6 Å². The van der Waals surface area contributed by atoms with Crippen molar-refractivity contribution < 1.29 is 18.6 Å². The Morgan fingerprint density at radius 2 is 2.00 bits per heavy atom. The van der Waals surface area contributed by atoms with Gasteiger partial charge in [0.1, 0.15) is 5.82 Å². The Kier molecular flexibility index (Phi) is 2.82. The monoisotopic (exact) mass is 255 g/mol. The molecule has 1 aromatic heterocycles. The lowest BCUT2D eigenvalue weighted by atomic mass is 10.1. The smallest absolute Gasteiger partial charge is 0.209 e. The maximum absolute atomic E-state index is 13.8. The number of nitrogens with two attached hydrogens (primary N) is 1. The summed E-state index contributed by atoms with van der Waals surface area (Å²) < 4.78 is 33.2. The van der Waals surface area contributed by atoms with E-state index in [1.165, 1.54) is 17.9 Å². The summed E-state index contributed by atoms with van der Waals surface area (Å²) in [5, 5.41) is 13.3. The molecule has 96 valence electrons. The summed E-state index contributed by atoms with van der Waals surface area (Å²) in [5.74, 6) is -3.32. The van der Waals surface area contributed by atoms with Gasteiger partial charge in [-0.1, -0.05) is 0 Å². The minimum atomic E-state index is -1.15. The van der Waals surface area contributed by atoms with E-state index in [-0.39, 0.29) is 17.0 Å².